The van der Waals surface area contributed by atoms with Crippen molar-refractivity contribution in [2.24, 2.45) is 0 Å². The third-order valence-corrected chi connectivity index (χ3v) is 2.72. The first kappa shape index (κ1) is 13.0. The zero-order chi connectivity index (χ0) is 13.1. The van der Waals surface area contributed by atoms with Crippen LogP contribution in [0.3, 0.4) is 0 Å². The number of benzene rings is 1. The highest BCUT2D eigenvalue weighted by molar-refractivity contribution is 6.32. The van der Waals surface area contributed by atoms with E-state index in [9.17, 15) is 4.39 Å². The normalized spacial score (nSPS) is 10.4. The summed E-state index contributed by atoms with van der Waals surface area (Å²) in [6.45, 7) is 2.31. The van der Waals surface area contributed by atoms with Gasteiger partial charge in [-0.05, 0) is 30.7 Å². The van der Waals surface area contributed by atoms with E-state index in [2.05, 4.69) is 15.2 Å². The molecule has 0 radical (unpaired) electrons. The molecule has 7 heteroatoms. The molecule has 0 N–H and O–H groups in total. The Bertz CT molecular complexity index is 564. The van der Waals surface area contributed by atoms with Gasteiger partial charge >= 0.3 is 0 Å². The molecule has 0 atom stereocenters. The van der Waals surface area contributed by atoms with Crippen molar-refractivity contribution < 1.29 is 4.39 Å². The Kier molecular flexibility index (Phi) is 3.93. The van der Waals surface area contributed by atoms with E-state index in [0.717, 1.165) is 0 Å². The van der Waals surface area contributed by atoms with E-state index >= 15 is 0 Å². The molecule has 94 valence electrons. The summed E-state index contributed by atoms with van der Waals surface area (Å²) in [6, 6.07) is 6.33. The highest BCUT2D eigenvalue weighted by Gasteiger charge is 2.17. The van der Waals surface area contributed by atoms with Crippen LogP contribution in [0.2, 0.25) is 10.4 Å². The topological polar surface area (TPSA) is 41.9 Å². The van der Waals surface area contributed by atoms with Crippen molar-refractivity contribution in [2.75, 3.05) is 11.4 Å². The van der Waals surface area contributed by atoms with Gasteiger partial charge < -0.3 is 4.90 Å². The van der Waals surface area contributed by atoms with E-state index in [4.69, 9.17) is 23.2 Å². The summed E-state index contributed by atoms with van der Waals surface area (Å²) in [4.78, 5) is 5.56. The SMILES string of the molecule is CCN(c1ccccc1F)c1nc(Cl)nnc1Cl. The smallest absolute Gasteiger partial charge is 0.245 e. The van der Waals surface area contributed by atoms with Crippen LogP contribution in [-0.4, -0.2) is 21.7 Å². The van der Waals surface area contributed by atoms with Crippen molar-refractivity contribution in [1.82, 2.24) is 15.2 Å². The van der Waals surface area contributed by atoms with Crippen molar-refractivity contribution >= 4 is 34.7 Å². The number of halogens is 3. The van der Waals surface area contributed by atoms with Gasteiger partial charge in [-0.25, -0.2) is 4.39 Å². The number of anilines is 2. The summed E-state index contributed by atoms with van der Waals surface area (Å²) in [5, 5.41) is 7.22. The summed E-state index contributed by atoms with van der Waals surface area (Å²) < 4.78 is 13.8. The Hall–Kier alpha value is -1.46. The van der Waals surface area contributed by atoms with E-state index < -0.39 is 0 Å². The van der Waals surface area contributed by atoms with Gasteiger partial charge in [-0.1, -0.05) is 23.7 Å². The second-order valence-electron chi connectivity index (χ2n) is 3.39. The minimum atomic E-state index is -0.370. The zero-order valence-electron chi connectivity index (χ0n) is 9.44. The Balaban J connectivity index is 2.52. The average Bonchev–Trinajstić information content (AvgIpc) is 2.36. The molecule has 2 aromatic rings. The van der Waals surface area contributed by atoms with E-state index in [1.165, 1.54) is 6.07 Å². The van der Waals surface area contributed by atoms with Gasteiger partial charge in [-0.3, -0.25) is 0 Å². The van der Waals surface area contributed by atoms with Crippen molar-refractivity contribution in [2.45, 2.75) is 6.92 Å². The third-order valence-electron chi connectivity index (χ3n) is 2.32. The molecule has 0 bridgehead atoms. The molecule has 0 saturated heterocycles. The molecule has 1 heterocycles. The van der Waals surface area contributed by atoms with Gasteiger partial charge in [0, 0.05) is 6.54 Å². The largest absolute Gasteiger partial charge is 0.321 e. The number of nitrogens with zero attached hydrogens (tertiary/aromatic N) is 4. The standard InChI is InChI=1S/C11H9Cl2FN4/c1-2-18(8-6-4-3-5-7(8)14)10-9(12)16-17-11(13)15-10/h3-6H,2H2,1H3. The number of hydrogen-bond donors (Lipinski definition) is 0. The fourth-order valence-electron chi connectivity index (χ4n) is 1.56. The molecule has 4 nitrogen and oxygen atoms in total. The summed E-state index contributed by atoms with van der Waals surface area (Å²) in [5.41, 5.74) is 0.360. The summed E-state index contributed by atoms with van der Waals surface area (Å²) in [5.74, 6) is -0.0885. The molecule has 2 rings (SSSR count). The second kappa shape index (κ2) is 5.46. The van der Waals surface area contributed by atoms with Crippen LogP contribution in [-0.2, 0) is 0 Å². The molecule has 0 amide bonds. The molecular weight excluding hydrogens is 278 g/mol. The van der Waals surface area contributed by atoms with Gasteiger partial charge in [0.1, 0.15) is 5.82 Å². The van der Waals surface area contributed by atoms with Crippen LogP contribution in [0.4, 0.5) is 15.9 Å². The molecule has 0 saturated carbocycles. The molecule has 0 aliphatic rings. The predicted octanol–water partition coefficient (Wildman–Crippen LogP) is 3.48. The molecular formula is C11H9Cl2FN4. The van der Waals surface area contributed by atoms with E-state index in [1.807, 2.05) is 6.92 Å². The van der Waals surface area contributed by atoms with E-state index in [1.54, 1.807) is 23.1 Å². The van der Waals surface area contributed by atoms with Crippen LogP contribution in [0.1, 0.15) is 6.92 Å². The quantitative estimate of drug-likeness (QED) is 0.866. The number of rotatable bonds is 3. The van der Waals surface area contributed by atoms with Crippen LogP contribution in [0.5, 0.6) is 0 Å². The fourth-order valence-corrected chi connectivity index (χ4v) is 1.86. The summed E-state index contributed by atoms with van der Waals surface area (Å²) in [7, 11) is 0. The maximum atomic E-state index is 13.8. The van der Waals surface area contributed by atoms with Crippen molar-refractivity contribution in [1.29, 1.82) is 0 Å². The number of hydrogen-bond acceptors (Lipinski definition) is 4. The van der Waals surface area contributed by atoms with E-state index in [0.29, 0.717) is 12.2 Å². The maximum Gasteiger partial charge on any atom is 0.245 e. The van der Waals surface area contributed by atoms with Crippen LogP contribution in [0.15, 0.2) is 24.3 Å². The molecule has 0 spiro atoms. The van der Waals surface area contributed by atoms with Gasteiger partial charge in [-0.15, -0.1) is 10.2 Å². The molecule has 0 aliphatic heterocycles. The molecule has 0 unspecified atom stereocenters. The van der Waals surface area contributed by atoms with Gasteiger partial charge in [0.05, 0.1) is 5.69 Å². The fraction of sp³-hybridized carbons (Fsp3) is 0.182. The predicted molar refractivity (Wildman–Crippen MR) is 68.9 cm³/mol. The molecule has 18 heavy (non-hydrogen) atoms. The first-order valence-electron chi connectivity index (χ1n) is 5.21. The third kappa shape index (κ3) is 2.52. The molecule has 1 aromatic heterocycles. The van der Waals surface area contributed by atoms with Crippen molar-refractivity contribution in [3.05, 3.63) is 40.5 Å². The van der Waals surface area contributed by atoms with Gasteiger partial charge in [0.2, 0.25) is 5.28 Å². The minimum Gasteiger partial charge on any atom is -0.321 e. The number of para-hydroxylation sites is 1. The first-order chi connectivity index (χ1) is 8.63. The Labute approximate surface area is 113 Å². The van der Waals surface area contributed by atoms with Gasteiger partial charge in [-0.2, -0.15) is 4.98 Å². The van der Waals surface area contributed by atoms with Crippen LogP contribution in [0, 0.1) is 5.82 Å². The zero-order valence-corrected chi connectivity index (χ0v) is 11.0. The Morgan fingerprint density at radius 1 is 1.22 bits per heavy atom. The lowest BCUT2D eigenvalue weighted by Crippen LogP contribution is -2.20. The highest BCUT2D eigenvalue weighted by atomic mass is 35.5. The summed E-state index contributed by atoms with van der Waals surface area (Å²) in [6.07, 6.45) is 0. The number of aromatic nitrogens is 3. The lowest BCUT2D eigenvalue weighted by atomic mass is 10.2. The minimum absolute atomic E-state index is 0.0378. The van der Waals surface area contributed by atoms with Gasteiger partial charge in [0.15, 0.2) is 11.0 Å². The maximum absolute atomic E-state index is 13.8. The lowest BCUT2D eigenvalue weighted by molar-refractivity contribution is 0.625. The van der Waals surface area contributed by atoms with E-state index in [-0.39, 0.29) is 22.1 Å². The van der Waals surface area contributed by atoms with Crippen molar-refractivity contribution in [3.63, 3.8) is 0 Å². The van der Waals surface area contributed by atoms with Gasteiger partial charge in [0.25, 0.3) is 0 Å². The molecule has 1 aromatic carbocycles. The Morgan fingerprint density at radius 2 is 1.94 bits per heavy atom. The van der Waals surface area contributed by atoms with Crippen LogP contribution >= 0.6 is 23.2 Å². The van der Waals surface area contributed by atoms with Crippen LogP contribution < -0.4 is 4.90 Å². The lowest BCUT2D eigenvalue weighted by Gasteiger charge is -2.22. The molecule has 0 aliphatic carbocycles. The Morgan fingerprint density at radius 3 is 2.61 bits per heavy atom. The monoisotopic (exact) mass is 286 g/mol. The highest BCUT2D eigenvalue weighted by Crippen LogP contribution is 2.30. The average molecular weight is 287 g/mol. The summed E-state index contributed by atoms with van der Waals surface area (Å²) >= 11 is 11.6. The molecule has 0 fully saturated rings. The van der Waals surface area contributed by atoms with Crippen molar-refractivity contribution in [3.8, 4) is 0 Å². The first-order valence-corrected chi connectivity index (χ1v) is 5.97. The van der Waals surface area contributed by atoms with Crippen LogP contribution in [0.25, 0.3) is 0 Å². The second-order valence-corrected chi connectivity index (χ2v) is 4.09.